The molecule has 20 heavy (non-hydrogen) atoms. The Morgan fingerprint density at radius 1 is 1.20 bits per heavy atom. The summed E-state index contributed by atoms with van der Waals surface area (Å²) in [6.45, 7) is 7.12. The summed E-state index contributed by atoms with van der Waals surface area (Å²) >= 11 is 0. The fraction of sp³-hybridized carbons (Fsp3) is 0.500. The molecule has 4 heteroatoms. The molecule has 0 radical (unpaired) electrons. The number of hydrogen-bond donors (Lipinski definition) is 1. The van der Waals surface area contributed by atoms with Crippen LogP contribution in [0.4, 0.5) is 0 Å². The van der Waals surface area contributed by atoms with E-state index in [-0.39, 0.29) is 0 Å². The van der Waals surface area contributed by atoms with Crippen molar-refractivity contribution in [3.8, 4) is 11.4 Å². The molecule has 0 aliphatic rings. The molecule has 2 N–H and O–H groups in total. The monoisotopic (exact) mass is 273 g/mol. The molecule has 0 amide bonds. The molecule has 1 unspecified atom stereocenters. The van der Waals surface area contributed by atoms with E-state index in [4.69, 9.17) is 10.3 Å². The summed E-state index contributed by atoms with van der Waals surface area (Å²) in [5.74, 6) is 2.36. The average molecular weight is 273 g/mol. The predicted octanol–water partition coefficient (Wildman–Crippen LogP) is 3.21. The van der Waals surface area contributed by atoms with E-state index in [1.54, 1.807) is 0 Å². The van der Waals surface area contributed by atoms with Crippen LogP contribution >= 0.6 is 0 Å². The van der Waals surface area contributed by atoms with E-state index in [2.05, 4.69) is 30.9 Å². The van der Waals surface area contributed by atoms with Gasteiger partial charge in [-0.25, -0.2) is 0 Å². The molecule has 108 valence electrons. The van der Waals surface area contributed by atoms with Crippen LogP contribution in [0.25, 0.3) is 11.4 Å². The fourth-order valence-electron chi connectivity index (χ4n) is 2.33. The van der Waals surface area contributed by atoms with Crippen molar-refractivity contribution in [2.24, 2.45) is 17.6 Å². The molecular weight excluding hydrogens is 250 g/mol. The van der Waals surface area contributed by atoms with Gasteiger partial charge < -0.3 is 10.3 Å². The van der Waals surface area contributed by atoms with Gasteiger partial charge in [-0.05, 0) is 31.7 Å². The van der Waals surface area contributed by atoms with Gasteiger partial charge in [-0.1, -0.05) is 48.8 Å². The van der Waals surface area contributed by atoms with Crippen molar-refractivity contribution in [3.05, 3.63) is 35.7 Å². The molecule has 4 nitrogen and oxygen atoms in total. The van der Waals surface area contributed by atoms with Crippen LogP contribution in [0, 0.1) is 18.8 Å². The van der Waals surface area contributed by atoms with Gasteiger partial charge in [-0.3, -0.25) is 0 Å². The number of benzene rings is 1. The largest absolute Gasteiger partial charge is 0.339 e. The smallest absolute Gasteiger partial charge is 0.227 e. The summed E-state index contributed by atoms with van der Waals surface area (Å²) < 4.78 is 5.35. The van der Waals surface area contributed by atoms with E-state index in [0.717, 1.165) is 18.4 Å². The number of aryl methyl sites for hydroxylation is 1. The fourth-order valence-corrected chi connectivity index (χ4v) is 2.33. The van der Waals surface area contributed by atoms with Gasteiger partial charge in [0.25, 0.3) is 0 Å². The van der Waals surface area contributed by atoms with Crippen LogP contribution in [0.1, 0.15) is 31.7 Å². The van der Waals surface area contributed by atoms with E-state index in [9.17, 15) is 0 Å². The first-order chi connectivity index (χ1) is 9.58. The Hall–Kier alpha value is -1.68. The number of hydrogen-bond acceptors (Lipinski definition) is 4. The van der Waals surface area contributed by atoms with E-state index < -0.39 is 0 Å². The lowest BCUT2D eigenvalue weighted by molar-refractivity contribution is 0.332. The summed E-state index contributed by atoms with van der Waals surface area (Å²) in [6, 6.07) is 8.12. The maximum atomic E-state index is 5.81. The van der Waals surface area contributed by atoms with Crippen molar-refractivity contribution < 1.29 is 4.52 Å². The second-order valence-electron chi connectivity index (χ2n) is 5.81. The number of nitrogens with two attached hydrogens (primary N) is 1. The zero-order valence-electron chi connectivity index (χ0n) is 12.5. The van der Waals surface area contributed by atoms with Crippen LogP contribution in [-0.4, -0.2) is 16.7 Å². The first kappa shape index (κ1) is 14.7. The maximum absolute atomic E-state index is 5.81. The van der Waals surface area contributed by atoms with E-state index in [1.807, 2.05) is 24.3 Å². The van der Waals surface area contributed by atoms with Crippen LogP contribution in [0.3, 0.4) is 0 Å². The first-order valence-electron chi connectivity index (χ1n) is 7.18. The molecule has 0 saturated carbocycles. The molecule has 2 rings (SSSR count). The highest BCUT2D eigenvalue weighted by Crippen LogP contribution is 2.19. The van der Waals surface area contributed by atoms with Gasteiger partial charge in [0.05, 0.1) is 0 Å². The zero-order valence-corrected chi connectivity index (χ0v) is 12.5. The molecule has 1 heterocycles. The van der Waals surface area contributed by atoms with Gasteiger partial charge in [0.2, 0.25) is 11.7 Å². The highest BCUT2D eigenvalue weighted by atomic mass is 16.5. The van der Waals surface area contributed by atoms with Crippen LogP contribution in [0.2, 0.25) is 0 Å². The van der Waals surface area contributed by atoms with Gasteiger partial charge in [0.1, 0.15) is 0 Å². The highest BCUT2D eigenvalue weighted by Gasteiger charge is 2.15. The van der Waals surface area contributed by atoms with E-state index in [1.165, 1.54) is 5.56 Å². The minimum absolute atomic E-state index is 0.404. The molecule has 1 atom stereocenters. The van der Waals surface area contributed by atoms with Crippen molar-refractivity contribution in [2.45, 2.75) is 33.6 Å². The van der Waals surface area contributed by atoms with E-state index in [0.29, 0.717) is 30.1 Å². The summed E-state index contributed by atoms with van der Waals surface area (Å²) in [5.41, 5.74) is 8.02. The normalized spacial score (nSPS) is 12.8. The number of nitrogens with zero attached hydrogens (tertiary/aromatic N) is 2. The van der Waals surface area contributed by atoms with Crippen LogP contribution in [0.15, 0.2) is 28.8 Å². The Morgan fingerprint density at radius 2 is 1.90 bits per heavy atom. The summed E-state index contributed by atoms with van der Waals surface area (Å²) in [5, 5.41) is 4.06. The van der Waals surface area contributed by atoms with Crippen molar-refractivity contribution in [1.82, 2.24) is 10.1 Å². The summed E-state index contributed by atoms with van der Waals surface area (Å²) in [4.78, 5) is 4.47. The molecule has 1 aromatic carbocycles. The number of rotatable bonds is 6. The molecule has 0 fully saturated rings. The van der Waals surface area contributed by atoms with Crippen molar-refractivity contribution in [1.29, 1.82) is 0 Å². The van der Waals surface area contributed by atoms with Crippen molar-refractivity contribution in [2.75, 3.05) is 6.54 Å². The molecule has 0 aliphatic heterocycles. The predicted molar refractivity (Wildman–Crippen MR) is 80.2 cm³/mol. The van der Waals surface area contributed by atoms with Gasteiger partial charge in [0.15, 0.2) is 0 Å². The number of aromatic nitrogens is 2. The molecule has 1 aromatic heterocycles. The maximum Gasteiger partial charge on any atom is 0.227 e. The lowest BCUT2D eigenvalue weighted by Gasteiger charge is -2.14. The van der Waals surface area contributed by atoms with Crippen LogP contribution in [-0.2, 0) is 6.42 Å². The second-order valence-corrected chi connectivity index (χ2v) is 5.81. The molecular formula is C16H23N3O. The molecule has 0 aliphatic carbocycles. The third-order valence-electron chi connectivity index (χ3n) is 3.38. The quantitative estimate of drug-likeness (QED) is 0.877. The molecule has 0 spiro atoms. The standard InChI is InChI=1S/C16H23N3O/c1-11(2)8-13(10-17)9-15-18-16(19-20-15)14-6-4-12(3)5-7-14/h4-7,11,13H,8-10,17H2,1-3H3. The van der Waals surface area contributed by atoms with Crippen molar-refractivity contribution >= 4 is 0 Å². The van der Waals surface area contributed by atoms with Gasteiger partial charge in [0, 0.05) is 12.0 Å². The molecule has 0 saturated heterocycles. The Morgan fingerprint density at radius 3 is 2.50 bits per heavy atom. The van der Waals surface area contributed by atoms with Crippen molar-refractivity contribution in [3.63, 3.8) is 0 Å². The van der Waals surface area contributed by atoms with Gasteiger partial charge in [-0.2, -0.15) is 4.98 Å². The van der Waals surface area contributed by atoms with Crippen LogP contribution in [0.5, 0.6) is 0 Å². The lowest BCUT2D eigenvalue weighted by Crippen LogP contribution is -2.19. The summed E-state index contributed by atoms with van der Waals surface area (Å²) in [7, 11) is 0. The SMILES string of the molecule is Cc1ccc(-c2noc(CC(CN)CC(C)C)n2)cc1. The Kier molecular flexibility index (Phi) is 4.90. The summed E-state index contributed by atoms with van der Waals surface area (Å²) in [6.07, 6.45) is 1.84. The third kappa shape index (κ3) is 3.90. The first-order valence-corrected chi connectivity index (χ1v) is 7.18. The topological polar surface area (TPSA) is 64.9 Å². The Bertz CT molecular complexity index is 531. The Labute approximate surface area is 120 Å². The minimum Gasteiger partial charge on any atom is -0.339 e. The van der Waals surface area contributed by atoms with E-state index >= 15 is 0 Å². The Balaban J connectivity index is 2.06. The minimum atomic E-state index is 0.404. The average Bonchev–Trinajstić information content (AvgIpc) is 2.87. The third-order valence-corrected chi connectivity index (χ3v) is 3.38. The van der Waals surface area contributed by atoms with Crippen LogP contribution < -0.4 is 5.73 Å². The lowest BCUT2D eigenvalue weighted by atomic mass is 9.94. The zero-order chi connectivity index (χ0) is 14.5. The highest BCUT2D eigenvalue weighted by molar-refractivity contribution is 5.54. The van der Waals surface area contributed by atoms with Gasteiger partial charge in [-0.15, -0.1) is 0 Å². The van der Waals surface area contributed by atoms with Gasteiger partial charge >= 0.3 is 0 Å². The molecule has 0 bridgehead atoms. The molecule has 2 aromatic rings. The second kappa shape index (κ2) is 6.66.